The van der Waals surface area contributed by atoms with Crippen molar-refractivity contribution in [2.24, 2.45) is 5.92 Å². The molecule has 11 heteroatoms. The van der Waals surface area contributed by atoms with Crippen LogP contribution in [0.25, 0.3) is 0 Å². The number of nitrogens with one attached hydrogen (secondary N) is 1. The van der Waals surface area contributed by atoms with Crippen LogP contribution in [0.15, 0.2) is 64.2 Å². The van der Waals surface area contributed by atoms with Crippen molar-refractivity contribution in [1.82, 2.24) is 9.55 Å². The van der Waals surface area contributed by atoms with Crippen molar-refractivity contribution >= 4 is 23.4 Å². The normalized spacial score (nSPS) is 10.7. The standard InChI is InChI=1S/C27H32N4O7/c1-18(2)15-30(22(32)17-38-23(33)13-14-37-21-11-9-20(36-3)10-12-21)24-25(28)31(27(35)29-26(24)34)16-19-7-5-4-6-8-19/h4-12,18H,13-17,28H2,1-3H3,(H,29,34,35). The highest BCUT2D eigenvalue weighted by molar-refractivity contribution is 5.97. The first-order chi connectivity index (χ1) is 18.2. The number of ether oxygens (including phenoxy) is 3. The van der Waals surface area contributed by atoms with Crippen molar-refractivity contribution in [1.29, 1.82) is 0 Å². The summed E-state index contributed by atoms with van der Waals surface area (Å²) < 4.78 is 16.9. The van der Waals surface area contributed by atoms with Gasteiger partial charge in [-0.2, -0.15) is 0 Å². The minimum atomic E-state index is -0.801. The van der Waals surface area contributed by atoms with Gasteiger partial charge in [-0.3, -0.25) is 23.9 Å². The maximum absolute atomic E-state index is 13.1. The van der Waals surface area contributed by atoms with Crippen LogP contribution in [0.1, 0.15) is 25.8 Å². The topological polar surface area (TPSA) is 146 Å². The average molecular weight is 525 g/mol. The number of amides is 1. The van der Waals surface area contributed by atoms with Crippen molar-refractivity contribution in [3.63, 3.8) is 0 Å². The Labute approximate surface area is 219 Å². The first-order valence-electron chi connectivity index (χ1n) is 12.1. The smallest absolute Gasteiger partial charge is 0.330 e. The van der Waals surface area contributed by atoms with Gasteiger partial charge < -0.3 is 24.8 Å². The summed E-state index contributed by atoms with van der Waals surface area (Å²) in [4.78, 5) is 54.0. The number of hydrogen-bond acceptors (Lipinski definition) is 8. The van der Waals surface area contributed by atoms with Crippen LogP contribution in [0.4, 0.5) is 11.5 Å². The van der Waals surface area contributed by atoms with E-state index in [1.54, 1.807) is 31.4 Å². The van der Waals surface area contributed by atoms with Crippen molar-refractivity contribution in [3.8, 4) is 11.5 Å². The van der Waals surface area contributed by atoms with E-state index in [0.29, 0.717) is 11.5 Å². The van der Waals surface area contributed by atoms with Crippen LogP contribution >= 0.6 is 0 Å². The van der Waals surface area contributed by atoms with Crippen molar-refractivity contribution in [2.45, 2.75) is 26.8 Å². The highest BCUT2D eigenvalue weighted by Gasteiger charge is 2.26. The second-order valence-electron chi connectivity index (χ2n) is 8.90. The zero-order valence-corrected chi connectivity index (χ0v) is 21.6. The maximum atomic E-state index is 13.1. The van der Waals surface area contributed by atoms with Crippen LogP contribution in [-0.4, -0.2) is 48.3 Å². The Bertz CT molecular complexity index is 1350. The highest BCUT2D eigenvalue weighted by Crippen LogP contribution is 2.20. The number of rotatable bonds is 12. The molecule has 0 saturated carbocycles. The second-order valence-corrected chi connectivity index (χ2v) is 8.90. The number of H-pyrrole nitrogens is 1. The lowest BCUT2D eigenvalue weighted by molar-refractivity contribution is -0.148. The number of esters is 1. The van der Waals surface area contributed by atoms with Gasteiger partial charge in [0.25, 0.3) is 11.5 Å². The maximum Gasteiger partial charge on any atom is 0.330 e. The average Bonchev–Trinajstić information content (AvgIpc) is 2.89. The Balaban J connectivity index is 1.69. The van der Waals surface area contributed by atoms with Gasteiger partial charge in [-0.05, 0) is 35.7 Å². The molecule has 1 heterocycles. The summed E-state index contributed by atoms with van der Waals surface area (Å²) in [5.74, 6) is -0.275. The first-order valence-corrected chi connectivity index (χ1v) is 12.1. The molecule has 0 bridgehead atoms. The fraction of sp³-hybridized carbons (Fsp3) is 0.333. The molecule has 3 aromatic rings. The second kappa shape index (κ2) is 13.1. The van der Waals surface area contributed by atoms with Crippen LogP contribution in [0, 0.1) is 5.92 Å². The fourth-order valence-electron chi connectivity index (χ4n) is 3.66. The molecule has 0 aliphatic carbocycles. The van der Waals surface area contributed by atoms with Crippen molar-refractivity contribution in [3.05, 3.63) is 81.0 Å². The Morgan fingerprint density at radius 2 is 1.68 bits per heavy atom. The molecule has 0 atom stereocenters. The summed E-state index contributed by atoms with van der Waals surface area (Å²) in [6.45, 7) is 3.37. The quantitative estimate of drug-likeness (QED) is 0.343. The van der Waals surface area contributed by atoms with Gasteiger partial charge in [0.1, 0.15) is 17.3 Å². The monoisotopic (exact) mass is 524 g/mol. The Hall–Kier alpha value is -4.54. The Kier molecular flexibility index (Phi) is 9.69. The van der Waals surface area contributed by atoms with Crippen LogP contribution in [0.2, 0.25) is 0 Å². The molecule has 38 heavy (non-hydrogen) atoms. The summed E-state index contributed by atoms with van der Waals surface area (Å²) in [6.07, 6.45) is -0.0891. The number of nitrogens with two attached hydrogens (primary N) is 1. The molecule has 2 aromatic carbocycles. The van der Waals surface area contributed by atoms with Gasteiger partial charge in [-0.1, -0.05) is 44.2 Å². The molecule has 1 amide bonds. The molecule has 3 N–H and O–H groups in total. The lowest BCUT2D eigenvalue weighted by Gasteiger charge is -2.26. The molecule has 1 aromatic heterocycles. The van der Waals surface area contributed by atoms with Crippen LogP contribution in [0.5, 0.6) is 11.5 Å². The molecule has 0 aliphatic heterocycles. The lowest BCUT2D eigenvalue weighted by atomic mass is 10.2. The van der Waals surface area contributed by atoms with E-state index in [1.807, 2.05) is 44.2 Å². The SMILES string of the molecule is COc1ccc(OCCC(=O)OCC(=O)N(CC(C)C)c2c(N)n(Cc3ccccc3)c(=O)[nH]c2=O)cc1. The molecule has 0 spiro atoms. The number of benzene rings is 2. The number of aromatic amines is 1. The molecule has 0 fully saturated rings. The van der Waals surface area contributed by atoms with E-state index in [9.17, 15) is 19.2 Å². The third kappa shape index (κ3) is 7.48. The van der Waals surface area contributed by atoms with Gasteiger partial charge in [-0.15, -0.1) is 0 Å². The van der Waals surface area contributed by atoms with E-state index >= 15 is 0 Å². The predicted molar refractivity (Wildman–Crippen MR) is 143 cm³/mol. The minimum Gasteiger partial charge on any atom is -0.497 e. The van der Waals surface area contributed by atoms with Gasteiger partial charge in [0.2, 0.25) is 0 Å². The fourth-order valence-corrected chi connectivity index (χ4v) is 3.66. The molecular formula is C27H32N4O7. The summed E-state index contributed by atoms with van der Waals surface area (Å²) >= 11 is 0. The summed E-state index contributed by atoms with van der Waals surface area (Å²) in [5.41, 5.74) is 5.38. The highest BCUT2D eigenvalue weighted by atomic mass is 16.5. The van der Waals surface area contributed by atoms with Crippen LogP contribution < -0.4 is 31.4 Å². The van der Waals surface area contributed by atoms with E-state index in [1.165, 1.54) is 4.57 Å². The van der Waals surface area contributed by atoms with E-state index in [2.05, 4.69) is 4.98 Å². The largest absolute Gasteiger partial charge is 0.497 e. The van der Waals surface area contributed by atoms with Gasteiger partial charge in [-0.25, -0.2) is 4.79 Å². The third-order valence-corrected chi connectivity index (χ3v) is 5.51. The number of hydrogen-bond donors (Lipinski definition) is 2. The van der Waals surface area contributed by atoms with E-state index in [-0.39, 0.29) is 43.5 Å². The number of anilines is 2. The molecule has 0 radical (unpaired) electrons. The number of nitrogens with zero attached hydrogens (tertiary/aromatic N) is 2. The number of aromatic nitrogens is 2. The van der Waals surface area contributed by atoms with E-state index in [0.717, 1.165) is 10.5 Å². The number of carbonyl (C=O) groups excluding carboxylic acids is 2. The summed E-state index contributed by atoms with van der Waals surface area (Å²) in [5, 5.41) is 0. The van der Waals surface area contributed by atoms with Crippen LogP contribution in [-0.2, 0) is 20.9 Å². The van der Waals surface area contributed by atoms with Crippen molar-refractivity contribution in [2.75, 3.05) is 37.5 Å². The minimum absolute atomic E-state index is 0.0477. The molecule has 0 aliphatic rings. The molecule has 3 rings (SSSR count). The van der Waals surface area contributed by atoms with Gasteiger partial charge in [0, 0.05) is 6.54 Å². The molecular weight excluding hydrogens is 492 g/mol. The molecule has 0 unspecified atom stereocenters. The van der Waals surface area contributed by atoms with Crippen molar-refractivity contribution < 1.29 is 23.8 Å². The number of carbonyl (C=O) groups is 2. The Morgan fingerprint density at radius 3 is 2.32 bits per heavy atom. The summed E-state index contributed by atoms with van der Waals surface area (Å²) in [6, 6.07) is 16.0. The molecule has 11 nitrogen and oxygen atoms in total. The first kappa shape index (κ1) is 28.0. The lowest BCUT2D eigenvalue weighted by Crippen LogP contribution is -2.44. The molecule has 202 valence electrons. The summed E-state index contributed by atoms with van der Waals surface area (Å²) in [7, 11) is 1.56. The van der Waals surface area contributed by atoms with Gasteiger partial charge in [0.15, 0.2) is 12.3 Å². The Morgan fingerprint density at radius 1 is 1.03 bits per heavy atom. The zero-order chi connectivity index (χ0) is 27.7. The number of methoxy groups -OCH3 is 1. The molecule has 0 saturated heterocycles. The number of nitrogen functional groups attached to an aromatic ring is 1. The predicted octanol–water partition coefficient (Wildman–Crippen LogP) is 2.18. The zero-order valence-electron chi connectivity index (χ0n) is 21.6. The third-order valence-electron chi connectivity index (χ3n) is 5.51. The van der Waals surface area contributed by atoms with Gasteiger partial charge in [0.05, 0.1) is 26.7 Å². The van der Waals surface area contributed by atoms with E-state index < -0.39 is 29.7 Å². The van der Waals surface area contributed by atoms with Crippen LogP contribution in [0.3, 0.4) is 0 Å². The van der Waals surface area contributed by atoms with E-state index in [4.69, 9.17) is 19.9 Å². The van der Waals surface area contributed by atoms with Gasteiger partial charge >= 0.3 is 11.7 Å².